The molecule has 1 N–H and O–H groups in total. The van der Waals surface area contributed by atoms with Crippen LogP contribution in [0.25, 0.3) is 0 Å². The molecule has 19 heavy (non-hydrogen) atoms. The Labute approximate surface area is 120 Å². The van der Waals surface area contributed by atoms with Gasteiger partial charge in [-0.1, -0.05) is 41.9 Å². The van der Waals surface area contributed by atoms with Crippen LogP contribution >= 0.6 is 22.9 Å². The quantitative estimate of drug-likeness (QED) is 0.892. The summed E-state index contributed by atoms with van der Waals surface area (Å²) in [6.45, 7) is 0. The topological polar surface area (TPSA) is 37.3 Å². The van der Waals surface area contributed by atoms with E-state index in [2.05, 4.69) is 24.3 Å². The minimum atomic E-state index is -0.902. The summed E-state index contributed by atoms with van der Waals surface area (Å²) in [5.41, 5.74) is 2.61. The molecule has 0 spiro atoms. The molecule has 0 fully saturated rings. The minimum absolute atomic E-state index is 0.327. The number of hydrogen-bond donors (Lipinski definition) is 1. The molecule has 1 heterocycles. The highest BCUT2D eigenvalue weighted by molar-refractivity contribution is 7.16. The fourth-order valence-electron chi connectivity index (χ4n) is 2.78. The molecule has 0 aliphatic heterocycles. The molecule has 2 aromatic rings. The van der Waals surface area contributed by atoms with Gasteiger partial charge in [-0.2, -0.15) is 0 Å². The molecule has 1 aliphatic rings. The summed E-state index contributed by atoms with van der Waals surface area (Å²) in [6.07, 6.45) is 2.70. The highest BCUT2D eigenvalue weighted by Gasteiger charge is 2.28. The maximum absolute atomic E-state index is 11.2. The van der Waals surface area contributed by atoms with Crippen molar-refractivity contribution in [2.75, 3.05) is 0 Å². The van der Waals surface area contributed by atoms with Crippen molar-refractivity contribution < 1.29 is 9.90 Å². The van der Waals surface area contributed by atoms with E-state index in [0.717, 1.165) is 29.7 Å². The number of aromatic carboxylic acids is 1. The van der Waals surface area contributed by atoms with Crippen LogP contribution in [-0.4, -0.2) is 11.1 Å². The molecule has 0 saturated heterocycles. The van der Waals surface area contributed by atoms with Crippen molar-refractivity contribution in [2.24, 2.45) is 0 Å². The van der Waals surface area contributed by atoms with Crippen LogP contribution in [0, 0.1) is 0 Å². The Hall–Kier alpha value is -1.32. The van der Waals surface area contributed by atoms with Gasteiger partial charge in [0.2, 0.25) is 0 Å². The first-order valence-electron chi connectivity index (χ1n) is 6.25. The summed E-state index contributed by atoms with van der Waals surface area (Å²) in [7, 11) is 0. The lowest BCUT2D eigenvalue weighted by Gasteiger charge is -2.22. The molecule has 4 heteroatoms. The van der Waals surface area contributed by atoms with Gasteiger partial charge in [-0.05, 0) is 36.3 Å². The highest BCUT2D eigenvalue weighted by Crippen LogP contribution is 2.41. The number of rotatable bonds is 2. The molecule has 1 aromatic heterocycles. The van der Waals surface area contributed by atoms with Gasteiger partial charge in [0.25, 0.3) is 0 Å². The summed E-state index contributed by atoms with van der Waals surface area (Å²) in [5, 5.41) is 9.22. The molecule has 2 nitrogen and oxygen atoms in total. The van der Waals surface area contributed by atoms with Crippen molar-refractivity contribution in [1.82, 2.24) is 0 Å². The molecular weight excluding hydrogens is 280 g/mol. The number of benzene rings is 1. The zero-order valence-electron chi connectivity index (χ0n) is 10.2. The number of carboxylic acids is 1. The SMILES string of the molecule is O=C(O)c1c(Cl)sc2c1CCC(c1ccccc1)C2. The Morgan fingerprint density at radius 1 is 1.32 bits per heavy atom. The average Bonchev–Trinajstić information content (AvgIpc) is 2.74. The molecular formula is C15H13ClO2S. The molecule has 0 saturated carbocycles. The lowest BCUT2D eigenvalue weighted by molar-refractivity contribution is 0.0696. The standard InChI is InChI=1S/C15H13ClO2S/c16-14-13(15(17)18)11-7-6-10(8-12(11)19-14)9-4-2-1-3-5-9/h1-5,10H,6-8H2,(H,17,18). The predicted molar refractivity (Wildman–Crippen MR) is 77.5 cm³/mol. The number of thiophene rings is 1. The maximum Gasteiger partial charge on any atom is 0.338 e. The van der Waals surface area contributed by atoms with Crippen molar-refractivity contribution in [3.63, 3.8) is 0 Å². The summed E-state index contributed by atoms with van der Waals surface area (Å²) in [4.78, 5) is 12.4. The first-order valence-corrected chi connectivity index (χ1v) is 7.44. The van der Waals surface area contributed by atoms with Crippen LogP contribution in [0.15, 0.2) is 30.3 Å². The fourth-order valence-corrected chi connectivity index (χ4v) is 4.39. The zero-order valence-corrected chi connectivity index (χ0v) is 11.8. The third-order valence-corrected chi connectivity index (χ3v) is 5.17. The Bertz CT molecular complexity index is 619. The molecule has 1 atom stereocenters. The predicted octanol–water partition coefficient (Wildman–Crippen LogP) is 4.37. The van der Waals surface area contributed by atoms with Crippen molar-refractivity contribution in [3.05, 3.63) is 56.2 Å². The third kappa shape index (κ3) is 2.28. The second-order valence-electron chi connectivity index (χ2n) is 4.81. The first-order chi connectivity index (χ1) is 9.16. The molecule has 0 radical (unpaired) electrons. The van der Waals surface area contributed by atoms with Crippen molar-refractivity contribution >= 4 is 28.9 Å². The molecule has 0 bridgehead atoms. The van der Waals surface area contributed by atoms with Crippen LogP contribution in [0.5, 0.6) is 0 Å². The van der Waals surface area contributed by atoms with Crippen LogP contribution in [0.2, 0.25) is 4.34 Å². The van der Waals surface area contributed by atoms with Crippen molar-refractivity contribution in [3.8, 4) is 0 Å². The third-order valence-electron chi connectivity index (χ3n) is 3.71. The lowest BCUT2D eigenvalue weighted by atomic mass is 9.83. The zero-order chi connectivity index (χ0) is 13.4. The smallest absolute Gasteiger partial charge is 0.338 e. The van der Waals surface area contributed by atoms with Gasteiger partial charge in [0.05, 0.1) is 5.56 Å². The summed E-state index contributed by atoms with van der Waals surface area (Å²) in [5.74, 6) is -0.425. The Kier molecular flexibility index (Phi) is 3.33. The molecule has 1 aliphatic carbocycles. The monoisotopic (exact) mass is 292 g/mol. The highest BCUT2D eigenvalue weighted by atomic mass is 35.5. The van der Waals surface area contributed by atoms with Crippen molar-refractivity contribution in [1.29, 1.82) is 0 Å². The van der Waals surface area contributed by atoms with E-state index in [1.54, 1.807) is 0 Å². The number of fused-ring (bicyclic) bond motifs is 1. The van der Waals surface area contributed by atoms with Crippen LogP contribution in [0.1, 0.15) is 38.7 Å². The largest absolute Gasteiger partial charge is 0.478 e. The van der Waals surface area contributed by atoms with Gasteiger partial charge >= 0.3 is 5.97 Å². The van der Waals surface area contributed by atoms with Crippen LogP contribution in [0.4, 0.5) is 0 Å². The molecule has 0 amide bonds. The Morgan fingerprint density at radius 3 is 2.74 bits per heavy atom. The number of carboxylic acid groups (broad SMARTS) is 1. The second kappa shape index (κ2) is 4.99. The number of hydrogen-bond acceptors (Lipinski definition) is 2. The van der Waals surface area contributed by atoms with E-state index in [9.17, 15) is 9.90 Å². The second-order valence-corrected chi connectivity index (χ2v) is 6.52. The van der Waals surface area contributed by atoms with E-state index in [-0.39, 0.29) is 0 Å². The molecule has 3 rings (SSSR count). The van der Waals surface area contributed by atoms with E-state index < -0.39 is 5.97 Å². The Morgan fingerprint density at radius 2 is 2.05 bits per heavy atom. The van der Waals surface area contributed by atoms with Gasteiger partial charge < -0.3 is 5.11 Å². The maximum atomic E-state index is 11.2. The van der Waals surface area contributed by atoms with Gasteiger partial charge in [-0.3, -0.25) is 0 Å². The van der Waals surface area contributed by atoms with Gasteiger partial charge in [-0.25, -0.2) is 4.79 Å². The minimum Gasteiger partial charge on any atom is -0.478 e. The van der Waals surface area contributed by atoms with Gasteiger partial charge in [0, 0.05) is 4.88 Å². The van der Waals surface area contributed by atoms with Gasteiger partial charge in [0.1, 0.15) is 4.34 Å². The summed E-state index contributed by atoms with van der Waals surface area (Å²) in [6, 6.07) is 10.4. The van der Waals surface area contributed by atoms with Crippen LogP contribution in [-0.2, 0) is 12.8 Å². The van der Waals surface area contributed by atoms with E-state index in [1.807, 2.05) is 6.07 Å². The summed E-state index contributed by atoms with van der Waals surface area (Å²) < 4.78 is 0.422. The van der Waals surface area contributed by atoms with Crippen LogP contribution < -0.4 is 0 Å². The average molecular weight is 293 g/mol. The van der Waals surface area contributed by atoms with Crippen molar-refractivity contribution in [2.45, 2.75) is 25.2 Å². The molecule has 98 valence electrons. The number of carbonyl (C=O) groups is 1. The van der Waals surface area contributed by atoms with E-state index in [4.69, 9.17) is 11.6 Å². The van der Waals surface area contributed by atoms with Gasteiger partial charge in [-0.15, -0.1) is 11.3 Å². The van der Waals surface area contributed by atoms with E-state index in [1.165, 1.54) is 16.9 Å². The van der Waals surface area contributed by atoms with Gasteiger partial charge in [0.15, 0.2) is 0 Å². The summed E-state index contributed by atoms with van der Waals surface area (Å²) >= 11 is 7.49. The van der Waals surface area contributed by atoms with E-state index in [0.29, 0.717) is 15.8 Å². The number of halogens is 1. The lowest BCUT2D eigenvalue weighted by Crippen LogP contribution is -2.13. The molecule has 1 unspecified atom stereocenters. The Balaban J connectivity index is 1.94. The molecule has 1 aromatic carbocycles. The normalized spacial score (nSPS) is 18.1. The van der Waals surface area contributed by atoms with Crippen LogP contribution in [0.3, 0.4) is 0 Å². The van der Waals surface area contributed by atoms with E-state index >= 15 is 0 Å². The first kappa shape index (κ1) is 12.7. The fraction of sp³-hybridized carbons (Fsp3) is 0.267.